The van der Waals surface area contributed by atoms with Crippen LogP contribution in [0.1, 0.15) is 18.6 Å². The number of nitrogens with one attached hydrogen (secondary N) is 1. The highest BCUT2D eigenvalue weighted by Gasteiger charge is 2.12. The van der Waals surface area contributed by atoms with Gasteiger partial charge in [0.15, 0.2) is 0 Å². The molecule has 1 aromatic carbocycles. The van der Waals surface area contributed by atoms with Gasteiger partial charge in [-0.2, -0.15) is 0 Å². The van der Waals surface area contributed by atoms with Crippen molar-refractivity contribution in [3.05, 3.63) is 47.5 Å². The van der Waals surface area contributed by atoms with Crippen LogP contribution in [0.3, 0.4) is 0 Å². The lowest BCUT2D eigenvalue weighted by molar-refractivity contribution is 0.142. The van der Waals surface area contributed by atoms with Gasteiger partial charge in [0.2, 0.25) is 0 Å². The molecule has 106 valence electrons. The fourth-order valence-corrected chi connectivity index (χ4v) is 1.51. The molecular formula is C14H19F2NO2. The van der Waals surface area contributed by atoms with E-state index in [-0.39, 0.29) is 12.1 Å². The van der Waals surface area contributed by atoms with Crippen LogP contribution in [-0.2, 0) is 4.74 Å². The summed E-state index contributed by atoms with van der Waals surface area (Å²) < 4.78 is 31.3. The summed E-state index contributed by atoms with van der Waals surface area (Å²) in [4.78, 5) is 0. The molecule has 19 heavy (non-hydrogen) atoms. The zero-order valence-corrected chi connectivity index (χ0v) is 11.0. The summed E-state index contributed by atoms with van der Waals surface area (Å²) in [6.45, 7) is 7.26. The Kier molecular flexibility index (Phi) is 6.62. The van der Waals surface area contributed by atoms with Gasteiger partial charge in [0.05, 0.1) is 19.3 Å². The van der Waals surface area contributed by atoms with Gasteiger partial charge in [-0.3, -0.25) is 0 Å². The van der Waals surface area contributed by atoms with E-state index in [1.54, 1.807) is 0 Å². The largest absolute Gasteiger partial charge is 0.387 e. The van der Waals surface area contributed by atoms with E-state index in [2.05, 4.69) is 11.9 Å². The zero-order valence-electron chi connectivity index (χ0n) is 11.0. The minimum Gasteiger partial charge on any atom is -0.387 e. The average molecular weight is 271 g/mol. The van der Waals surface area contributed by atoms with E-state index in [0.717, 1.165) is 17.7 Å². The number of aliphatic hydroxyl groups is 1. The van der Waals surface area contributed by atoms with Crippen molar-refractivity contribution in [2.75, 3.05) is 26.3 Å². The standard InChI is InChI=1S/C14H19F2NO2/c1-10(2)9-19-6-5-17-8-14(18)12-4-3-11(15)7-13(12)16/h3-4,7,14,17-18H,1,5-6,8-9H2,2H3. The normalized spacial score (nSPS) is 12.4. The Balaban J connectivity index is 2.27. The first-order valence-corrected chi connectivity index (χ1v) is 6.06. The summed E-state index contributed by atoms with van der Waals surface area (Å²) in [5.74, 6) is -1.40. The Bertz CT molecular complexity index is 424. The van der Waals surface area contributed by atoms with Crippen LogP contribution in [0.25, 0.3) is 0 Å². The lowest BCUT2D eigenvalue weighted by Gasteiger charge is -2.13. The highest BCUT2D eigenvalue weighted by atomic mass is 19.1. The van der Waals surface area contributed by atoms with Gasteiger partial charge < -0.3 is 15.2 Å². The fourth-order valence-electron chi connectivity index (χ4n) is 1.51. The van der Waals surface area contributed by atoms with E-state index in [1.807, 2.05) is 6.92 Å². The zero-order chi connectivity index (χ0) is 14.3. The Morgan fingerprint density at radius 3 is 2.84 bits per heavy atom. The van der Waals surface area contributed by atoms with Crippen LogP contribution in [0.15, 0.2) is 30.4 Å². The van der Waals surface area contributed by atoms with Crippen LogP contribution in [-0.4, -0.2) is 31.4 Å². The van der Waals surface area contributed by atoms with Gasteiger partial charge in [-0.05, 0) is 13.0 Å². The maximum absolute atomic E-state index is 13.4. The predicted molar refractivity (Wildman–Crippen MR) is 69.8 cm³/mol. The number of hydrogen-bond acceptors (Lipinski definition) is 3. The van der Waals surface area contributed by atoms with E-state index in [1.165, 1.54) is 6.07 Å². The molecule has 0 fully saturated rings. The SMILES string of the molecule is C=C(C)COCCNCC(O)c1ccc(F)cc1F. The molecule has 0 amide bonds. The van der Waals surface area contributed by atoms with Crippen molar-refractivity contribution in [2.45, 2.75) is 13.0 Å². The first kappa shape index (κ1) is 15.8. The molecule has 0 bridgehead atoms. The van der Waals surface area contributed by atoms with Crippen LogP contribution >= 0.6 is 0 Å². The molecule has 1 atom stereocenters. The Hall–Kier alpha value is -1.30. The number of rotatable bonds is 8. The topological polar surface area (TPSA) is 41.5 Å². The Labute approximate surface area is 111 Å². The second-order valence-electron chi connectivity index (χ2n) is 4.40. The third kappa shape index (κ3) is 5.92. The second kappa shape index (κ2) is 7.99. The molecule has 3 nitrogen and oxygen atoms in total. The van der Waals surface area contributed by atoms with E-state index in [9.17, 15) is 13.9 Å². The maximum atomic E-state index is 13.4. The summed E-state index contributed by atoms with van der Waals surface area (Å²) in [7, 11) is 0. The van der Waals surface area contributed by atoms with Crippen LogP contribution in [0.4, 0.5) is 8.78 Å². The first-order chi connectivity index (χ1) is 9.00. The molecule has 0 radical (unpaired) electrons. The minimum atomic E-state index is -1.01. The molecule has 1 unspecified atom stereocenters. The molecule has 0 saturated carbocycles. The average Bonchev–Trinajstić information content (AvgIpc) is 2.32. The van der Waals surface area contributed by atoms with Gasteiger partial charge in [0.25, 0.3) is 0 Å². The van der Waals surface area contributed by atoms with Gasteiger partial charge in [0, 0.05) is 24.7 Å². The van der Waals surface area contributed by atoms with E-state index in [0.29, 0.717) is 19.8 Å². The van der Waals surface area contributed by atoms with Gasteiger partial charge in [-0.15, -0.1) is 0 Å². The van der Waals surface area contributed by atoms with Gasteiger partial charge in [0.1, 0.15) is 11.6 Å². The lowest BCUT2D eigenvalue weighted by Crippen LogP contribution is -2.26. The van der Waals surface area contributed by atoms with Gasteiger partial charge >= 0.3 is 0 Å². The fraction of sp³-hybridized carbons (Fsp3) is 0.429. The molecular weight excluding hydrogens is 252 g/mol. The maximum Gasteiger partial charge on any atom is 0.131 e. The summed E-state index contributed by atoms with van der Waals surface area (Å²) in [5, 5.41) is 12.7. The monoisotopic (exact) mass is 271 g/mol. The minimum absolute atomic E-state index is 0.0803. The van der Waals surface area contributed by atoms with Crippen molar-refractivity contribution < 1.29 is 18.6 Å². The number of ether oxygens (including phenoxy) is 1. The van der Waals surface area contributed by atoms with Crippen LogP contribution < -0.4 is 5.32 Å². The third-order valence-electron chi connectivity index (χ3n) is 2.43. The lowest BCUT2D eigenvalue weighted by atomic mass is 10.1. The molecule has 0 aliphatic heterocycles. The molecule has 0 aliphatic carbocycles. The molecule has 2 N–H and O–H groups in total. The highest BCUT2D eigenvalue weighted by Crippen LogP contribution is 2.17. The summed E-state index contributed by atoms with van der Waals surface area (Å²) >= 11 is 0. The molecule has 1 aromatic rings. The molecule has 0 aliphatic rings. The highest BCUT2D eigenvalue weighted by molar-refractivity contribution is 5.21. The van der Waals surface area contributed by atoms with Crippen molar-refractivity contribution in [2.24, 2.45) is 0 Å². The number of hydrogen-bond donors (Lipinski definition) is 2. The summed E-state index contributed by atoms with van der Waals surface area (Å²) in [6.07, 6.45) is -1.01. The Morgan fingerprint density at radius 2 is 2.21 bits per heavy atom. The summed E-state index contributed by atoms with van der Waals surface area (Å²) in [5.41, 5.74) is 1.02. The van der Waals surface area contributed by atoms with Crippen molar-refractivity contribution in [3.63, 3.8) is 0 Å². The smallest absolute Gasteiger partial charge is 0.131 e. The van der Waals surface area contributed by atoms with Gasteiger partial charge in [-0.1, -0.05) is 18.2 Å². The molecule has 1 rings (SSSR count). The predicted octanol–water partition coefficient (Wildman–Crippen LogP) is 2.18. The van der Waals surface area contributed by atoms with Crippen molar-refractivity contribution in [3.8, 4) is 0 Å². The van der Waals surface area contributed by atoms with Crippen LogP contribution in [0.5, 0.6) is 0 Å². The first-order valence-electron chi connectivity index (χ1n) is 6.06. The molecule has 0 heterocycles. The van der Waals surface area contributed by atoms with Crippen LogP contribution in [0.2, 0.25) is 0 Å². The molecule has 0 saturated heterocycles. The van der Waals surface area contributed by atoms with E-state index >= 15 is 0 Å². The number of benzene rings is 1. The van der Waals surface area contributed by atoms with Gasteiger partial charge in [-0.25, -0.2) is 8.78 Å². The quantitative estimate of drug-likeness (QED) is 0.562. The van der Waals surface area contributed by atoms with Crippen molar-refractivity contribution in [1.29, 1.82) is 0 Å². The van der Waals surface area contributed by atoms with Crippen molar-refractivity contribution in [1.82, 2.24) is 5.32 Å². The third-order valence-corrected chi connectivity index (χ3v) is 2.43. The van der Waals surface area contributed by atoms with Crippen LogP contribution in [0, 0.1) is 11.6 Å². The molecule has 0 aromatic heterocycles. The van der Waals surface area contributed by atoms with E-state index in [4.69, 9.17) is 4.74 Å². The summed E-state index contributed by atoms with van der Waals surface area (Å²) in [6, 6.07) is 3.13. The number of halogens is 2. The Morgan fingerprint density at radius 1 is 1.47 bits per heavy atom. The second-order valence-corrected chi connectivity index (χ2v) is 4.40. The molecule has 5 heteroatoms. The molecule has 0 spiro atoms. The number of aliphatic hydroxyl groups excluding tert-OH is 1. The van der Waals surface area contributed by atoms with Crippen molar-refractivity contribution >= 4 is 0 Å². The van der Waals surface area contributed by atoms with E-state index < -0.39 is 17.7 Å².